The maximum absolute atomic E-state index is 14.3. The highest BCUT2D eigenvalue weighted by molar-refractivity contribution is 6.19. The molecule has 2 aromatic heterocycles. The fourth-order valence-corrected chi connectivity index (χ4v) is 6.12. The van der Waals surface area contributed by atoms with E-state index in [1.54, 1.807) is 24.4 Å². The molecule has 0 bridgehead atoms. The van der Waals surface area contributed by atoms with Crippen LogP contribution in [-0.4, -0.2) is 27.7 Å². The number of fused-ring (bicyclic) bond motifs is 7. The molecule has 36 heavy (non-hydrogen) atoms. The normalized spacial score (nSPS) is 22.4. The lowest BCUT2D eigenvalue weighted by Crippen LogP contribution is -2.57. The largest absolute Gasteiger partial charge is 0.347 e. The molecule has 1 saturated heterocycles. The lowest BCUT2D eigenvalue weighted by Gasteiger charge is -2.49. The fourth-order valence-electron chi connectivity index (χ4n) is 6.12. The molecule has 1 fully saturated rings. The highest BCUT2D eigenvalue weighted by Crippen LogP contribution is 2.53. The number of anilines is 2. The number of carbonyl (C=O) groups excluding carboxylic acids is 2. The van der Waals surface area contributed by atoms with Crippen LogP contribution >= 0.6 is 0 Å². The van der Waals surface area contributed by atoms with Gasteiger partial charge < -0.3 is 4.90 Å². The standard InChI is InChI=1S/C28H23N5O3/c1-17-8-7-14-32-23(17)29-24-21(25(32)34)16-28(22-20-12-6-5-9-18(20)13-15-31(22)24)26(35)30-33(27(28)36)19-10-3-2-4-11-19/h2-12,14,22H,13,15-16H2,1H3,(H,30,35)/t22-,28-/m1/s1. The third kappa shape index (κ3) is 2.58. The summed E-state index contributed by atoms with van der Waals surface area (Å²) < 4.78 is 1.52. The highest BCUT2D eigenvalue weighted by Gasteiger charge is 2.65. The van der Waals surface area contributed by atoms with E-state index in [1.807, 2.05) is 54.3 Å². The first-order valence-electron chi connectivity index (χ1n) is 12.1. The molecule has 2 aromatic carbocycles. The predicted molar refractivity (Wildman–Crippen MR) is 135 cm³/mol. The van der Waals surface area contributed by atoms with Gasteiger partial charge in [-0.05, 0) is 48.2 Å². The molecular weight excluding hydrogens is 454 g/mol. The Kier molecular flexibility index (Phi) is 4.22. The Labute approximate surface area is 206 Å². The van der Waals surface area contributed by atoms with Gasteiger partial charge in [-0.1, -0.05) is 48.5 Å². The van der Waals surface area contributed by atoms with Gasteiger partial charge in [-0.2, -0.15) is 0 Å². The van der Waals surface area contributed by atoms with E-state index in [1.165, 1.54) is 9.41 Å². The van der Waals surface area contributed by atoms with E-state index in [-0.39, 0.29) is 17.9 Å². The molecule has 8 nitrogen and oxygen atoms in total. The monoisotopic (exact) mass is 477 g/mol. The van der Waals surface area contributed by atoms with Crippen LogP contribution in [0.25, 0.3) is 5.65 Å². The van der Waals surface area contributed by atoms with Gasteiger partial charge in [0.25, 0.3) is 17.4 Å². The minimum atomic E-state index is -1.50. The van der Waals surface area contributed by atoms with E-state index in [2.05, 4.69) is 11.5 Å². The molecule has 1 spiro atoms. The lowest BCUT2D eigenvalue weighted by atomic mass is 9.66. The number of aryl methyl sites for hydroxylation is 1. The van der Waals surface area contributed by atoms with Gasteiger partial charge in [-0.3, -0.25) is 24.2 Å². The van der Waals surface area contributed by atoms with Gasteiger partial charge in [0.15, 0.2) is 5.41 Å². The van der Waals surface area contributed by atoms with Gasteiger partial charge in [-0.15, -0.1) is 0 Å². The molecule has 0 radical (unpaired) electrons. The van der Waals surface area contributed by atoms with Crippen molar-refractivity contribution in [3.05, 3.63) is 106 Å². The van der Waals surface area contributed by atoms with Crippen molar-refractivity contribution in [3.8, 4) is 0 Å². The van der Waals surface area contributed by atoms with Crippen LogP contribution in [0.15, 0.2) is 77.7 Å². The van der Waals surface area contributed by atoms with E-state index >= 15 is 0 Å². The molecule has 0 unspecified atom stereocenters. The van der Waals surface area contributed by atoms with Crippen molar-refractivity contribution in [1.82, 2.24) is 14.8 Å². The molecule has 5 heterocycles. The molecule has 0 saturated carbocycles. The van der Waals surface area contributed by atoms with Crippen LogP contribution in [-0.2, 0) is 22.4 Å². The Morgan fingerprint density at radius 1 is 0.972 bits per heavy atom. The van der Waals surface area contributed by atoms with Crippen LogP contribution in [0.3, 0.4) is 0 Å². The van der Waals surface area contributed by atoms with Gasteiger partial charge in [-0.25, -0.2) is 9.99 Å². The third-order valence-electron chi connectivity index (χ3n) is 7.82. The van der Waals surface area contributed by atoms with Crippen molar-refractivity contribution >= 4 is 29.0 Å². The zero-order chi connectivity index (χ0) is 24.6. The van der Waals surface area contributed by atoms with Gasteiger partial charge >= 0.3 is 0 Å². The molecule has 178 valence electrons. The van der Waals surface area contributed by atoms with E-state index in [4.69, 9.17) is 4.98 Å². The highest BCUT2D eigenvalue weighted by atomic mass is 16.2. The summed E-state index contributed by atoms with van der Waals surface area (Å²) in [5.41, 5.74) is 5.57. The van der Waals surface area contributed by atoms with Crippen LogP contribution < -0.4 is 20.9 Å². The number of hydrogen-bond donors (Lipinski definition) is 1. The molecule has 1 N–H and O–H groups in total. The number of aromatic nitrogens is 2. The second kappa shape index (κ2) is 7.27. The molecule has 2 amide bonds. The Hall–Kier alpha value is -4.46. The predicted octanol–water partition coefficient (Wildman–Crippen LogP) is 2.73. The molecule has 4 aromatic rings. The van der Waals surface area contributed by atoms with Gasteiger partial charge in [0, 0.05) is 19.2 Å². The van der Waals surface area contributed by atoms with E-state index in [9.17, 15) is 14.4 Å². The number of hydrogen-bond acceptors (Lipinski definition) is 5. The van der Waals surface area contributed by atoms with Crippen molar-refractivity contribution < 1.29 is 9.59 Å². The Balaban J connectivity index is 1.51. The number of nitrogens with one attached hydrogen (secondary N) is 1. The molecule has 0 aliphatic carbocycles. The average molecular weight is 478 g/mol. The van der Waals surface area contributed by atoms with E-state index < -0.39 is 17.4 Å². The summed E-state index contributed by atoms with van der Waals surface area (Å²) in [5.74, 6) is -0.189. The number of para-hydroxylation sites is 1. The van der Waals surface area contributed by atoms with Crippen molar-refractivity contribution in [2.24, 2.45) is 5.41 Å². The third-order valence-corrected chi connectivity index (χ3v) is 7.82. The number of carbonyl (C=O) groups is 2. The van der Waals surface area contributed by atoms with Crippen molar-refractivity contribution in [1.29, 1.82) is 0 Å². The van der Waals surface area contributed by atoms with Gasteiger partial charge in [0.1, 0.15) is 11.5 Å². The van der Waals surface area contributed by atoms with Crippen molar-refractivity contribution in [3.63, 3.8) is 0 Å². The summed E-state index contributed by atoms with van der Waals surface area (Å²) in [7, 11) is 0. The Bertz CT molecular complexity index is 1650. The SMILES string of the molecule is Cc1cccn2c(=O)c3c(nc12)N1CCc2ccccc2[C@@H]1[C@]1(C3)C(=O)NN(c2ccccc2)C1=O. The number of amides is 2. The van der Waals surface area contributed by atoms with Crippen molar-refractivity contribution in [2.45, 2.75) is 25.8 Å². The number of benzene rings is 2. The number of nitrogens with zero attached hydrogens (tertiary/aromatic N) is 4. The quantitative estimate of drug-likeness (QED) is 0.426. The maximum Gasteiger partial charge on any atom is 0.264 e. The molecule has 8 heteroatoms. The van der Waals surface area contributed by atoms with Crippen LogP contribution in [0, 0.1) is 12.3 Å². The smallest absolute Gasteiger partial charge is 0.264 e. The number of hydrazine groups is 1. The minimum Gasteiger partial charge on any atom is -0.347 e. The lowest BCUT2D eigenvalue weighted by molar-refractivity contribution is -0.137. The number of pyridine rings is 1. The second-order valence-corrected chi connectivity index (χ2v) is 9.71. The fraction of sp³-hybridized carbons (Fsp3) is 0.214. The summed E-state index contributed by atoms with van der Waals surface area (Å²) in [6, 6.07) is 20.2. The topological polar surface area (TPSA) is 87.0 Å². The van der Waals surface area contributed by atoms with Crippen LogP contribution in [0.5, 0.6) is 0 Å². The first kappa shape index (κ1) is 20.9. The Morgan fingerprint density at radius 2 is 1.75 bits per heavy atom. The first-order chi connectivity index (χ1) is 17.5. The zero-order valence-electron chi connectivity index (χ0n) is 19.6. The van der Waals surface area contributed by atoms with E-state index in [0.717, 1.165) is 23.1 Å². The summed E-state index contributed by atoms with van der Waals surface area (Å²) in [5, 5.41) is 1.33. The second-order valence-electron chi connectivity index (χ2n) is 9.71. The van der Waals surface area contributed by atoms with Crippen molar-refractivity contribution in [2.75, 3.05) is 16.5 Å². The van der Waals surface area contributed by atoms with E-state index in [0.29, 0.717) is 29.3 Å². The summed E-state index contributed by atoms with van der Waals surface area (Å²) in [6.07, 6.45) is 2.40. The average Bonchev–Trinajstić information content (AvgIpc) is 3.15. The van der Waals surface area contributed by atoms with Crippen LogP contribution in [0.4, 0.5) is 11.5 Å². The summed E-state index contributed by atoms with van der Waals surface area (Å²) >= 11 is 0. The van der Waals surface area contributed by atoms with Gasteiger partial charge in [0.05, 0.1) is 17.3 Å². The molecule has 7 rings (SSSR count). The van der Waals surface area contributed by atoms with Crippen LogP contribution in [0.1, 0.15) is 28.3 Å². The first-order valence-corrected chi connectivity index (χ1v) is 12.1. The van der Waals surface area contributed by atoms with Gasteiger partial charge in [0.2, 0.25) is 0 Å². The summed E-state index contributed by atoms with van der Waals surface area (Å²) in [6.45, 7) is 2.48. The maximum atomic E-state index is 14.3. The Morgan fingerprint density at radius 3 is 2.58 bits per heavy atom. The molecule has 2 atom stereocenters. The molecule has 3 aliphatic rings. The molecule has 3 aliphatic heterocycles. The summed E-state index contributed by atoms with van der Waals surface area (Å²) in [4.78, 5) is 49.0. The van der Waals surface area contributed by atoms with Crippen LogP contribution in [0.2, 0.25) is 0 Å². The molecular formula is C28H23N5O3. The zero-order valence-corrected chi connectivity index (χ0v) is 19.6. The minimum absolute atomic E-state index is 0.0193. The number of rotatable bonds is 1.